The maximum absolute atomic E-state index is 14.6. The molecule has 2 aliphatic rings. The molecule has 3 unspecified atom stereocenters. The number of hydrogen-bond donors (Lipinski definition) is 2. The van der Waals surface area contributed by atoms with Crippen LogP contribution in [0.5, 0.6) is 0 Å². The van der Waals surface area contributed by atoms with Crippen LogP contribution in [0.2, 0.25) is 0 Å². The van der Waals surface area contributed by atoms with Crippen molar-refractivity contribution in [1.82, 2.24) is 29.8 Å². The van der Waals surface area contributed by atoms with Crippen LogP contribution < -0.4 is 5.32 Å². The number of methoxy groups -OCH3 is 2. The molecule has 0 bridgehead atoms. The maximum Gasteiger partial charge on any atom is 0.326 e. The van der Waals surface area contributed by atoms with E-state index in [4.69, 9.17) is 20.0 Å². The molecule has 0 saturated carbocycles. The third-order valence-corrected chi connectivity index (χ3v) is 12.3. The highest BCUT2D eigenvalue weighted by molar-refractivity contribution is 5.88. The minimum atomic E-state index is -1.14. The van der Waals surface area contributed by atoms with E-state index in [9.17, 15) is 29.1 Å². The third kappa shape index (κ3) is 14.0. The van der Waals surface area contributed by atoms with Crippen molar-refractivity contribution in [1.29, 1.82) is 0 Å². The first-order chi connectivity index (χ1) is 29.5. The van der Waals surface area contributed by atoms with Gasteiger partial charge in [0.1, 0.15) is 12.1 Å². The number of rotatable bonds is 22. The molecule has 18 heteroatoms. The molecule has 18 nitrogen and oxygen atoms in total. The first-order valence-corrected chi connectivity index (χ1v) is 22.0. The summed E-state index contributed by atoms with van der Waals surface area (Å²) in [5.74, 6) is -2.32. The van der Waals surface area contributed by atoms with E-state index in [1.165, 1.54) is 7.11 Å². The van der Waals surface area contributed by atoms with E-state index >= 15 is 0 Å². The first kappa shape index (κ1) is 51.4. The Bertz CT molecular complexity index is 1700. The number of guanidine groups is 1. The average molecular weight is 869 g/mol. The van der Waals surface area contributed by atoms with E-state index < -0.39 is 54.2 Å². The lowest BCUT2D eigenvalue weighted by molar-refractivity contribution is -0.147. The lowest BCUT2D eigenvalue weighted by Crippen LogP contribution is -2.56. The number of nitrogens with one attached hydrogen (secondary N) is 1. The third-order valence-electron chi connectivity index (χ3n) is 12.3. The number of hydrogen-bond acceptors (Lipinski definition) is 9. The van der Waals surface area contributed by atoms with E-state index in [1.807, 2.05) is 81.9 Å². The predicted octanol–water partition coefficient (Wildman–Crippen LogP) is 3.90. The van der Waals surface area contributed by atoms with Crippen LogP contribution in [-0.2, 0) is 39.9 Å². The van der Waals surface area contributed by atoms with Gasteiger partial charge in [0, 0.05) is 92.4 Å². The normalized spacial score (nSPS) is 19.1. The monoisotopic (exact) mass is 869 g/mol. The van der Waals surface area contributed by atoms with Crippen LogP contribution in [0.1, 0.15) is 78.7 Å². The number of benzene rings is 1. The van der Waals surface area contributed by atoms with E-state index in [2.05, 4.69) is 20.2 Å². The van der Waals surface area contributed by atoms with Crippen molar-refractivity contribution in [3.63, 3.8) is 0 Å². The number of carboxylic acids is 1. The van der Waals surface area contributed by atoms with Gasteiger partial charge >= 0.3 is 5.97 Å². The van der Waals surface area contributed by atoms with Crippen molar-refractivity contribution < 1.29 is 38.6 Å². The first-order valence-electron chi connectivity index (χ1n) is 22.0. The molecular formula is C44H72N10O8. The summed E-state index contributed by atoms with van der Waals surface area (Å²) in [4.78, 5) is 84.6. The number of carbonyl (C=O) groups is 5. The Kier molecular flexibility index (Phi) is 20.9. The molecule has 1 aromatic rings. The van der Waals surface area contributed by atoms with Crippen molar-refractivity contribution in [2.75, 3.05) is 74.6 Å². The molecule has 2 fully saturated rings. The van der Waals surface area contributed by atoms with Gasteiger partial charge < -0.3 is 44.4 Å². The minimum Gasteiger partial charge on any atom is -0.480 e. The van der Waals surface area contributed by atoms with Gasteiger partial charge in [0.15, 0.2) is 5.96 Å². The number of amides is 4. The van der Waals surface area contributed by atoms with Gasteiger partial charge in [0.05, 0.1) is 36.6 Å². The number of piperazine rings is 1. The smallest absolute Gasteiger partial charge is 0.326 e. The van der Waals surface area contributed by atoms with E-state index in [1.54, 1.807) is 30.9 Å². The molecule has 0 aromatic heterocycles. The molecule has 3 rings (SSSR count). The zero-order valence-electron chi connectivity index (χ0n) is 38.6. The van der Waals surface area contributed by atoms with Crippen molar-refractivity contribution in [3.8, 4) is 0 Å². The summed E-state index contributed by atoms with van der Waals surface area (Å²) in [6, 6.07) is 6.31. The lowest BCUT2D eigenvalue weighted by Gasteiger charge is -2.41. The topological polar surface area (TPSA) is 213 Å². The van der Waals surface area contributed by atoms with Gasteiger partial charge in [-0.2, -0.15) is 0 Å². The molecule has 8 atom stereocenters. The maximum atomic E-state index is 14.6. The fourth-order valence-electron chi connectivity index (χ4n) is 8.62. The van der Waals surface area contributed by atoms with Crippen molar-refractivity contribution in [2.45, 2.75) is 116 Å². The molecule has 2 saturated heterocycles. The van der Waals surface area contributed by atoms with Crippen LogP contribution in [0.4, 0.5) is 0 Å². The van der Waals surface area contributed by atoms with Crippen molar-refractivity contribution in [2.24, 2.45) is 27.9 Å². The Morgan fingerprint density at radius 2 is 1.60 bits per heavy atom. The fourth-order valence-corrected chi connectivity index (χ4v) is 8.62. The molecule has 2 N–H and O–H groups in total. The summed E-state index contributed by atoms with van der Waals surface area (Å²) in [5, 5.41) is 16.1. The minimum absolute atomic E-state index is 0.0120. The number of aliphatic carboxylic acids is 1. The lowest BCUT2D eigenvalue weighted by atomic mass is 9.89. The highest BCUT2D eigenvalue weighted by atomic mass is 16.5. The largest absolute Gasteiger partial charge is 0.480 e. The van der Waals surface area contributed by atoms with Crippen LogP contribution in [0.25, 0.3) is 10.4 Å². The van der Waals surface area contributed by atoms with Crippen LogP contribution in [-0.4, -0.2) is 176 Å². The van der Waals surface area contributed by atoms with E-state index in [0.29, 0.717) is 64.4 Å². The number of nitrogens with zero attached hydrogens (tertiary/aromatic N) is 9. The van der Waals surface area contributed by atoms with Gasteiger partial charge in [-0.15, -0.1) is 0 Å². The zero-order valence-corrected chi connectivity index (χ0v) is 38.6. The number of likely N-dealkylation sites (N-methyl/N-ethyl adjacent to an activating group) is 1. The Balaban J connectivity index is 1.78. The van der Waals surface area contributed by atoms with Gasteiger partial charge in [0.25, 0.3) is 0 Å². The Labute approximate surface area is 367 Å². The van der Waals surface area contributed by atoms with Crippen LogP contribution in [0.15, 0.2) is 40.4 Å². The van der Waals surface area contributed by atoms with Gasteiger partial charge in [-0.25, -0.2) is 9.79 Å². The molecule has 2 aliphatic heterocycles. The summed E-state index contributed by atoms with van der Waals surface area (Å²) < 4.78 is 12.0. The van der Waals surface area contributed by atoms with Gasteiger partial charge in [-0.05, 0) is 42.2 Å². The van der Waals surface area contributed by atoms with Crippen molar-refractivity contribution in [3.05, 3.63) is 46.3 Å². The summed E-state index contributed by atoms with van der Waals surface area (Å²) in [6.07, 6.45) is 1.58. The van der Waals surface area contributed by atoms with Crippen molar-refractivity contribution >= 4 is 35.6 Å². The summed E-state index contributed by atoms with van der Waals surface area (Å²) >= 11 is 0. The molecule has 1 aromatic carbocycles. The second-order valence-corrected chi connectivity index (χ2v) is 17.1. The molecule has 62 heavy (non-hydrogen) atoms. The number of aliphatic imine (C=N–C) groups is 1. The van der Waals surface area contributed by atoms with Crippen LogP contribution in [0, 0.1) is 17.8 Å². The zero-order chi connectivity index (χ0) is 46.1. The molecule has 0 radical (unpaired) electrons. The molecule has 0 aliphatic carbocycles. The fraction of sp³-hybridized carbons (Fsp3) is 0.727. The standard InChI is InChI=1S/C44H72N10O8/c1-11-30(4)39(51(8)42(58)38(29(2)3)48-44(50(6)7)53-25-23-52(24-26-53)36(55)20-15-21-46-49-45)35(61-9)28-37(56)54-22-16-19-34(54)40(62-10)31(5)41(57)47-33(43(59)60)27-32-17-13-12-14-18-32/h12-14,17-18,29-31,33-35,38-40H,11,15-16,19-28H2,1-10H3,(H,47,57)(H,59,60)/t30-,31+,33?,34?,35+,38?,39-,40+/m0/s1. The van der Waals surface area contributed by atoms with Gasteiger partial charge in [0.2, 0.25) is 23.6 Å². The molecule has 346 valence electrons. The molecule has 0 spiro atoms. The predicted molar refractivity (Wildman–Crippen MR) is 237 cm³/mol. The number of azide groups is 1. The Morgan fingerprint density at radius 1 is 0.952 bits per heavy atom. The number of carboxylic acid groups (broad SMARTS) is 1. The van der Waals surface area contributed by atoms with E-state index in [0.717, 1.165) is 12.0 Å². The highest BCUT2D eigenvalue weighted by Crippen LogP contribution is 2.30. The molecule has 4 amide bonds. The Hall–Kier alpha value is -4.93. The second-order valence-electron chi connectivity index (χ2n) is 17.1. The number of likely N-dealkylation sites (tertiary alicyclic amines) is 1. The SMILES string of the molecule is CC[C@H](C)[C@@H]([C@@H](CC(=O)N1CCCC1[C@H](OC)[C@@H](C)C(=O)NC(Cc1ccccc1)C(=O)O)OC)N(C)C(=O)C(N=C(N(C)C)N1CCN(C(=O)CCCN=[N+]=[N-])CC1)C(C)C. The van der Waals surface area contributed by atoms with Gasteiger partial charge in [-0.1, -0.05) is 76.5 Å². The Morgan fingerprint density at radius 3 is 2.15 bits per heavy atom. The van der Waals surface area contributed by atoms with E-state index in [-0.39, 0.29) is 48.9 Å². The second kappa shape index (κ2) is 25.2. The summed E-state index contributed by atoms with van der Waals surface area (Å²) in [5.41, 5.74) is 9.30. The average Bonchev–Trinajstić information content (AvgIpc) is 3.74. The highest BCUT2D eigenvalue weighted by Gasteiger charge is 2.43. The number of ether oxygens (including phenoxy) is 2. The van der Waals surface area contributed by atoms with Crippen LogP contribution >= 0.6 is 0 Å². The molecule has 2 heterocycles. The van der Waals surface area contributed by atoms with Gasteiger partial charge in [-0.3, -0.25) is 19.2 Å². The van der Waals surface area contributed by atoms with Crippen LogP contribution in [0.3, 0.4) is 0 Å². The summed E-state index contributed by atoms with van der Waals surface area (Å²) in [7, 11) is 8.58. The quantitative estimate of drug-likeness (QED) is 0.0429. The summed E-state index contributed by atoms with van der Waals surface area (Å²) in [6.45, 7) is 12.5. The molecular weight excluding hydrogens is 797 g/mol. The number of carbonyl (C=O) groups excluding carboxylic acids is 4.